The molecule has 1 aliphatic rings. The number of carbonyl (C=O) groups is 4. The Labute approximate surface area is 172 Å². The molecule has 0 atom stereocenters. The van der Waals surface area contributed by atoms with E-state index in [1.807, 2.05) is 18.4 Å². The fraction of sp³-hybridized carbons (Fsp3) is 0.238. The van der Waals surface area contributed by atoms with Crippen LogP contribution < -0.4 is 0 Å². The number of likely N-dealkylation sites (N-methyl/N-ethyl adjacent to an activating group) is 1. The van der Waals surface area contributed by atoms with Crippen molar-refractivity contribution in [1.82, 2.24) is 9.80 Å². The molecule has 2 aromatic rings. The Hall–Kier alpha value is -3.26. The van der Waals surface area contributed by atoms with Crippen molar-refractivity contribution in [2.24, 2.45) is 0 Å². The predicted molar refractivity (Wildman–Crippen MR) is 108 cm³/mol. The topological polar surface area (TPSA) is 84.0 Å². The van der Waals surface area contributed by atoms with Crippen molar-refractivity contribution in [2.75, 3.05) is 20.2 Å². The number of hydrogen-bond acceptors (Lipinski definition) is 6. The fourth-order valence-corrected chi connectivity index (χ4v) is 3.86. The van der Waals surface area contributed by atoms with Gasteiger partial charge in [-0.15, -0.1) is 17.9 Å². The largest absolute Gasteiger partial charge is 0.452 e. The Morgan fingerprint density at radius 2 is 1.93 bits per heavy atom. The molecule has 0 saturated carbocycles. The highest BCUT2D eigenvalue weighted by atomic mass is 32.1. The highest BCUT2D eigenvalue weighted by molar-refractivity contribution is 7.10. The maximum atomic E-state index is 12.4. The van der Waals surface area contributed by atoms with Gasteiger partial charge in [0, 0.05) is 18.5 Å². The first kappa shape index (κ1) is 20.5. The lowest BCUT2D eigenvalue weighted by Crippen LogP contribution is -2.30. The van der Waals surface area contributed by atoms with Gasteiger partial charge in [0.05, 0.1) is 23.2 Å². The average Bonchev–Trinajstić information content (AvgIpc) is 3.22. The number of thiophene rings is 1. The van der Waals surface area contributed by atoms with Gasteiger partial charge in [0.25, 0.3) is 17.7 Å². The van der Waals surface area contributed by atoms with Gasteiger partial charge in [-0.3, -0.25) is 19.3 Å². The molecule has 0 aliphatic carbocycles. The maximum Gasteiger partial charge on any atom is 0.338 e. The molecule has 0 fully saturated rings. The third-order valence-electron chi connectivity index (χ3n) is 4.62. The number of fused-ring (bicyclic) bond motifs is 1. The zero-order chi connectivity index (χ0) is 21.1. The summed E-state index contributed by atoms with van der Waals surface area (Å²) in [5, 5.41) is 1.96. The summed E-state index contributed by atoms with van der Waals surface area (Å²) >= 11 is 1.56. The molecular formula is C21H20N2O5S. The van der Waals surface area contributed by atoms with Gasteiger partial charge in [-0.05, 0) is 42.1 Å². The molecular weight excluding hydrogens is 392 g/mol. The van der Waals surface area contributed by atoms with Crippen molar-refractivity contribution in [3.8, 4) is 0 Å². The minimum atomic E-state index is -0.732. The van der Waals surface area contributed by atoms with Crippen LogP contribution in [0.4, 0.5) is 0 Å². The van der Waals surface area contributed by atoms with Gasteiger partial charge in [0.1, 0.15) is 0 Å². The number of imide groups is 1. The highest BCUT2D eigenvalue weighted by Crippen LogP contribution is 2.24. The summed E-state index contributed by atoms with van der Waals surface area (Å²) in [6.07, 6.45) is 1.46. The van der Waals surface area contributed by atoms with E-state index < -0.39 is 24.4 Å². The highest BCUT2D eigenvalue weighted by Gasteiger charge is 2.35. The number of ether oxygens (including phenoxy) is 1. The third kappa shape index (κ3) is 4.12. The molecule has 1 aromatic heterocycles. The van der Waals surface area contributed by atoms with Gasteiger partial charge in [0.2, 0.25) is 0 Å². The SMILES string of the molecule is C=CCN1C(=O)c2ccc(C(=O)OCC(=O)N(C)Cc3sccc3C)cc2C1=O. The van der Waals surface area contributed by atoms with Gasteiger partial charge in [-0.1, -0.05) is 6.08 Å². The van der Waals surface area contributed by atoms with Crippen LogP contribution in [0.2, 0.25) is 0 Å². The Bertz CT molecular complexity index is 1010. The number of benzene rings is 1. The van der Waals surface area contributed by atoms with E-state index in [2.05, 4.69) is 6.58 Å². The molecule has 29 heavy (non-hydrogen) atoms. The number of esters is 1. The molecule has 0 radical (unpaired) electrons. The average molecular weight is 412 g/mol. The van der Waals surface area contributed by atoms with Crippen LogP contribution in [0.15, 0.2) is 42.3 Å². The number of nitrogens with zero attached hydrogens (tertiary/aromatic N) is 2. The zero-order valence-corrected chi connectivity index (χ0v) is 17.0. The van der Waals surface area contributed by atoms with Gasteiger partial charge in [-0.2, -0.15) is 0 Å². The molecule has 3 rings (SSSR count). The zero-order valence-electron chi connectivity index (χ0n) is 16.1. The van der Waals surface area contributed by atoms with Crippen molar-refractivity contribution in [3.63, 3.8) is 0 Å². The number of amides is 3. The van der Waals surface area contributed by atoms with E-state index in [0.29, 0.717) is 6.54 Å². The molecule has 8 heteroatoms. The Morgan fingerprint density at radius 3 is 2.59 bits per heavy atom. The standard InChI is InChI=1S/C21H20N2O5S/c1-4-8-23-19(25)15-6-5-14(10-16(15)20(23)26)21(27)28-12-18(24)22(3)11-17-13(2)7-9-29-17/h4-7,9-10H,1,8,11-12H2,2-3H3. The molecule has 7 nitrogen and oxygen atoms in total. The van der Waals surface area contributed by atoms with Crippen molar-refractivity contribution >= 4 is 35.0 Å². The van der Waals surface area contributed by atoms with Crippen molar-refractivity contribution in [1.29, 1.82) is 0 Å². The van der Waals surface area contributed by atoms with Gasteiger partial charge in [0.15, 0.2) is 6.61 Å². The Morgan fingerprint density at radius 1 is 1.21 bits per heavy atom. The van der Waals surface area contributed by atoms with Gasteiger partial charge >= 0.3 is 5.97 Å². The molecule has 1 aromatic carbocycles. The monoisotopic (exact) mass is 412 g/mol. The van der Waals surface area contributed by atoms with Gasteiger partial charge in [-0.25, -0.2) is 4.79 Å². The summed E-state index contributed by atoms with van der Waals surface area (Å²) in [5.74, 6) is -1.98. The van der Waals surface area contributed by atoms with Crippen LogP contribution in [0.25, 0.3) is 0 Å². The molecule has 0 bridgehead atoms. The second kappa shape index (κ2) is 8.40. The molecule has 2 heterocycles. The van der Waals surface area contributed by atoms with Crippen LogP contribution in [0.5, 0.6) is 0 Å². The van der Waals surface area contributed by atoms with Crippen LogP contribution in [-0.4, -0.2) is 53.7 Å². The second-order valence-corrected chi connectivity index (χ2v) is 7.62. The van der Waals surface area contributed by atoms with Crippen molar-refractivity contribution < 1.29 is 23.9 Å². The lowest BCUT2D eigenvalue weighted by molar-refractivity contribution is -0.133. The van der Waals surface area contributed by atoms with Crippen LogP contribution in [-0.2, 0) is 16.1 Å². The summed E-state index contributed by atoms with van der Waals surface area (Å²) in [5.41, 5.74) is 1.59. The van der Waals surface area contributed by atoms with Crippen molar-refractivity contribution in [3.05, 3.63) is 69.4 Å². The summed E-state index contributed by atoms with van der Waals surface area (Å²) in [6.45, 7) is 5.62. The van der Waals surface area contributed by atoms with E-state index in [9.17, 15) is 19.2 Å². The first-order valence-electron chi connectivity index (χ1n) is 8.88. The fourth-order valence-electron chi connectivity index (χ4n) is 2.90. The predicted octanol–water partition coefficient (Wildman–Crippen LogP) is 2.65. The van der Waals surface area contributed by atoms with Gasteiger partial charge < -0.3 is 9.64 Å². The number of hydrogen-bond donors (Lipinski definition) is 0. The second-order valence-electron chi connectivity index (χ2n) is 6.62. The third-order valence-corrected chi connectivity index (χ3v) is 5.63. The van der Waals surface area contributed by atoms with Crippen LogP contribution in [0.1, 0.15) is 41.5 Å². The first-order valence-corrected chi connectivity index (χ1v) is 9.76. The van der Waals surface area contributed by atoms with Crippen molar-refractivity contribution in [2.45, 2.75) is 13.5 Å². The lowest BCUT2D eigenvalue weighted by atomic mass is 10.1. The Kier molecular flexibility index (Phi) is 5.93. The molecule has 1 aliphatic heterocycles. The minimum absolute atomic E-state index is 0.0939. The number of rotatable bonds is 7. The maximum absolute atomic E-state index is 12.4. The van der Waals surface area contributed by atoms with Crippen LogP contribution in [0.3, 0.4) is 0 Å². The van der Waals surface area contributed by atoms with E-state index in [-0.39, 0.29) is 29.1 Å². The summed E-state index contributed by atoms with van der Waals surface area (Å²) in [4.78, 5) is 52.8. The van der Waals surface area contributed by atoms with Crippen LogP contribution in [0, 0.1) is 6.92 Å². The van der Waals surface area contributed by atoms with Crippen LogP contribution >= 0.6 is 11.3 Å². The number of aryl methyl sites for hydroxylation is 1. The van der Waals surface area contributed by atoms with E-state index in [4.69, 9.17) is 4.74 Å². The number of carbonyl (C=O) groups excluding carboxylic acids is 4. The van der Waals surface area contributed by atoms with E-state index in [1.165, 1.54) is 29.2 Å². The normalized spacial score (nSPS) is 12.7. The molecule has 0 N–H and O–H groups in total. The molecule has 3 amide bonds. The molecule has 0 unspecified atom stereocenters. The lowest BCUT2D eigenvalue weighted by Gasteiger charge is -2.16. The van der Waals surface area contributed by atoms with E-state index in [0.717, 1.165) is 15.3 Å². The summed E-state index contributed by atoms with van der Waals surface area (Å²) in [7, 11) is 1.64. The molecule has 150 valence electrons. The summed E-state index contributed by atoms with van der Waals surface area (Å²) in [6, 6.07) is 6.13. The quantitative estimate of drug-likeness (QED) is 0.397. The molecule has 0 spiro atoms. The smallest absolute Gasteiger partial charge is 0.338 e. The summed E-state index contributed by atoms with van der Waals surface area (Å²) < 4.78 is 5.10. The first-order chi connectivity index (χ1) is 13.8. The molecule has 0 saturated heterocycles. The van der Waals surface area contributed by atoms with E-state index >= 15 is 0 Å². The van der Waals surface area contributed by atoms with E-state index in [1.54, 1.807) is 18.4 Å². The minimum Gasteiger partial charge on any atom is -0.452 e. The Balaban J connectivity index is 1.63.